The number of hydrogen-bond acceptors (Lipinski definition) is 6. The predicted molar refractivity (Wildman–Crippen MR) is 116 cm³/mol. The minimum atomic E-state index is -0.734. The molecule has 158 valence electrons. The molecule has 9 heteroatoms. The third-order valence-electron chi connectivity index (χ3n) is 6.85. The number of hydrogen-bond donors (Lipinski definition) is 3. The summed E-state index contributed by atoms with van der Waals surface area (Å²) in [5.74, 6) is 0.0750. The van der Waals surface area contributed by atoms with E-state index in [1.165, 1.54) is 23.6 Å². The fraction of sp³-hybridized carbons (Fsp3) is 0.364. The highest BCUT2D eigenvalue weighted by atomic mass is 32.1. The summed E-state index contributed by atoms with van der Waals surface area (Å²) >= 11 is 1.53. The number of aliphatic carboxylic acids is 1. The number of anilines is 1. The first-order valence-corrected chi connectivity index (χ1v) is 11.3. The number of fused-ring (bicyclic) bond motifs is 5. The van der Waals surface area contributed by atoms with Gasteiger partial charge in [-0.25, -0.2) is 19.3 Å². The lowest BCUT2D eigenvalue weighted by Crippen LogP contribution is -2.51. The van der Waals surface area contributed by atoms with Gasteiger partial charge in [-0.05, 0) is 55.0 Å². The molecule has 31 heavy (non-hydrogen) atoms. The Labute approximate surface area is 180 Å². The van der Waals surface area contributed by atoms with Crippen LogP contribution in [0.25, 0.3) is 32.6 Å². The van der Waals surface area contributed by atoms with Crippen LogP contribution in [0.3, 0.4) is 0 Å². The molecule has 0 unspecified atom stereocenters. The Hall–Kier alpha value is -3.07. The highest BCUT2D eigenvalue weighted by molar-refractivity contribution is 7.17. The fourth-order valence-corrected chi connectivity index (χ4v) is 6.20. The number of carboxylic acid groups (broad SMARTS) is 1. The summed E-state index contributed by atoms with van der Waals surface area (Å²) in [6.07, 6.45) is 6.96. The Balaban J connectivity index is 1.46. The van der Waals surface area contributed by atoms with E-state index >= 15 is 0 Å². The monoisotopic (exact) mass is 437 g/mol. The van der Waals surface area contributed by atoms with Crippen molar-refractivity contribution in [3.63, 3.8) is 0 Å². The first-order valence-electron chi connectivity index (χ1n) is 10.5. The summed E-state index contributed by atoms with van der Waals surface area (Å²) in [5.41, 5.74) is 2.01. The van der Waals surface area contributed by atoms with Gasteiger partial charge in [-0.1, -0.05) is 0 Å². The molecule has 0 amide bonds. The Morgan fingerprint density at radius 1 is 1.23 bits per heavy atom. The van der Waals surface area contributed by atoms with Crippen molar-refractivity contribution in [2.24, 2.45) is 17.8 Å². The van der Waals surface area contributed by atoms with E-state index in [4.69, 9.17) is 4.98 Å². The van der Waals surface area contributed by atoms with Crippen LogP contribution in [0.15, 0.2) is 29.9 Å². The van der Waals surface area contributed by atoms with E-state index in [9.17, 15) is 14.3 Å². The molecule has 0 aliphatic heterocycles. The van der Waals surface area contributed by atoms with Gasteiger partial charge >= 0.3 is 5.97 Å². The van der Waals surface area contributed by atoms with Crippen molar-refractivity contribution in [1.82, 2.24) is 19.9 Å². The molecule has 4 aromatic rings. The molecular weight excluding hydrogens is 417 g/mol. The summed E-state index contributed by atoms with van der Waals surface area (Å²) in [4.78, 5) is 28.7. The molecule has 3 N–H and O–H groups in total. The van der Waals surface area contributed by atoms with Gasteiger partial charge in [0.15, 0.2) is 5.82 Å². The topological polar surface area (TPSA) is 104 Å². The van der Waals surface area contributed by atoms with Gasteiger partial charge in [-0.15, -0.1) is 11.3 Å². The van der Waals surface area contributed by atoms with Gasteiger partial charge in [0, 0.05) is 23.2 Å². The molecule has 0 radical (unpaired) electrons. The molecule has 3 saturated carbocycles. The van der Waals surface area contributed by atoms with Crippen molar-refractivity contribution in [2.45, 2.75) is 31.7 Å². The third-order valence-corrected chi connectivity index (χ3v) is 7.76. The van der Waals surface area contributed by atoms with Crippen molar-refractivity contribution < 1.29 is 14.3 Å². The summed E-state index contributed by atoms with van der Waals surface area (Å²) in [5, 5.41) is 16.0. The lowest BCUT2D eigenvalue weighted by atomic mass is 9.61. The second-order valence-electron chi connectivity index (χ2n) is 8.49. The van der Waals surface area contributed by atoms with E-state index in [2.05, 4.69) is 20.3 Å². The molecule has 4 heterocycles. The molecule has 3 aliphatic carbocycles. The lowest BCUT2D eigenvalue weighted by Gasteiger charge is -2.47. The molecule has 0 aromatic carbocycles. The number of rotatable bonds is 4. The fourth-order valence-electron chi connectivity index (χ4n) is 5.42. The van der Waals surface area contributed by atoms with Crippen LogP contribution in [0.5, 0.6) is 0 Å². The average Bonchev–Trinajstić information content (AvgIpc) is 3.41. The predicted octanol–water partition coefficient (Wildman–Crippen LogP) is 4.68. The normalized spacial score (nSPS) is 25.3. The number of pyridine rings is 1. The molecular formula is C22H20FN5O2S. The highest BCUT2D eigenvalue weighted by Crippen LogP contribution is 2.47. The largest absolute Gasteiger partial charge is 0.481 e. The molecule has 2 atom stereocenters. The summed E-state index contributed by atoms with van der Waals surface area (Å²) in [6, 6.07) is 3.19. The average molecular weight is 438 g/mol. The van der Waals surface area contributed by atoms with Crippen molar-refractivity contribution in [2.75, 3.05) is 5.32 Å². The van der Waals surface area contributed by atoms with E-state index in [0.29, 0.717) is 34.2 Å². The van der Waals surface area contributed by atoms with Gasteiger partial charge in [0.05, 0.1) is 22.3 Å². The van der Waals surface area contributed by atoms with E-state index < -0.39 is 17.7 Å². The van der Waals surface area contributed by atoms with E-state index in [-0.39, 0.29) is 12.0 Å². The van der Waals surface area contributed by atoms with E-state index in [0.717, 1.165) is 35.9 Å². The number of thiophene rings is 1. The molecule has 3 aliphatic rings. The molecule has 0 spiro atoms. The zero-order valence-corrected chi connectivity index (χ0v) is 17.3. The molecule has 2 bridgehead atoms. The van der Waals surface area contributed by atoms with Crippen LogP contribution in [0.2, 0.25) is 0 Å². The maximum atomic E-state index is 13.8. The lowest BCUT2D eigenvalue weighted by molar-refractivity contribution is -0.148. The van der Waals surface area contributed by atoms with Gasteiger partial charge in [-0.3, -0.25) is 4.79 Å². The first-order chi connectivity index (χ1) is 15.1. The third kappa shape index (κ3) is 2.98. The highest BCUT2D eigenvalue weighted by Gasteiger charge is 2.47. The number of aromatic amines is 1. The summed E-state index contributed by atoms with van der Waals surface area (Å²) in [7, 11) is 0. The van der Waals surface area contributed by atoms with Gasteiger partial charge in [0.25, 0.3) is 0 Å². The summed E-state index contributed by atoms with van der Waals surface area (Å²) in [6.45, 7) is 0. The van der Waals surface area contributed by atoms with Crippen LogP contribution in [0, 0.1) is 23.6 Å². The second-order valence-corrected chi connectivity index (χ2v) is 9.41. The van der Waals surface area contributed by atoms with Gasteiger partial charge in [0.1, 0.15) is 17.3 Å². The SMILES string of the molecule is O=C(O)[C@H]1C2CCC(CC2)[C@@H]1Nc1nc(-c2c[nH]c3ncc(F)cc23)nc2ccsc12. The number of carbonyl (C=O) groups is 1. The smallest absolute Gasteiger partial charge is 0.308 e. The van der Waals surface area contributed by atoms with Gasteiger partial charge in [0.2, 0.25) is 0 Å². The number of carboxylic acids is 1. The van der Waals surface area contributed by atoms with Gasteiger partial charge < -0.3 is 15.4 Å². The zero-order chi connectivity index (χ0) is 21.1. The molecule has 7 nitrogen and oxygen atoms in total. The van der Waals surface area contributed by atoms with Crippen molar-refractivity contribution in [1.29, 1.82) is 0 Å². The first kappa shape index (κ1) is 18.7. The molecule has 7 rings (SSSR count). The van der Waals surface area contributed by atoms with Crippen LogP contribution in [-0.4, -0.2) is 37.1 Å². The van der Waals surface area contributed by atoms with Crippen LogP contribution >= 0.6 is 11.3 Å². The van der Waals surface area contributed by atoms with E-state index in [1.807, 2.05) is 11.4 Å². The molecule has 0 saturated heterocycles. The van der Waals surface area contributed by atoms with Crippen molar-refractivity contribution in [3.8, 4) is 11.4 Å². The second kappa shape index (κ2) is 6.98. The number of halogens is 1. The number of nitrogens with zero attached hydrogens (tertiary/aromatic N) is 3. The van der Waals surface area contributed by atoms with Crippen LogP contribution in [-0.2, 0) is 4.79 Å². The Kier molecular flexibility index (Phi) is 4.21. The van der Waals surface area contributed by atoms with Crippen molar-refractivity contribution in [3.05, 3.63) is 35.7 Å². The number of nitrogens with one attached hydrogen (secondary N) is 2. The van der Waals surface area contributed by atoms with Gasteiger partial charge in [-0.2, -0.15) is 0 Å². The number of aromatic nitrogens is 4. The minimum absolute atomic E-state index is 0.153. The Morgan fingerprint density at radius 3 is 2.84 bits per heavy atom. The zero-order valence-electron chi connectivity index (χ0n) is 16.5. The quantitative estimate of drug-likeness (QED) is 0.428. The van der Waals surface area contributed by atoms with E-state index in [1.54, 1.807) is 6.20 Å². The van der Waals surface area contributed by atoms with Crippen molar-refractivity contribution >= 4 is 44.4 Å². The Morgan fingerprint density at radius 2 is 2.03 bits per heavy atom. The van der Waals surface area contributed by atoms with Crippen LogP contribution < -0.4 is 5.32 Å². The maximum Gasteiger partial charge on any atom is 0.308 e. The Bertz CT molecular complexity index is 1310. The van der Waals surface area contributed by atoms with Crippen LogP contribution in [0.1, 0.15) is 25.7 Å². The molecule has 4 aromatic heterocycles. The number of H-pyrrole nitrogens is 1. The minimum Gasteiger partial charge on any atom is -0.481 e. The van der Waals surface area contributed by atoms with Crippen LogP contribution in [0.4, 0.5) is 10.2 Å². The summed E-state index contributed by atoms with van der Waals surface area (Å²) < 4.78 is 14.7. The standard InChI is InChI=1S/C22H20FN5O2S/c23-12-7-13-14(9-25-19(13)24-8-12)20-26-15-5-6-31-18(15)21(28-20)27-17-11-3-1-10(2-4-11)16(17)22(29)30/h5-11,16-17H,1-4H2,(H,24,25)(H,29,30)(H,26,27,28)/t10?,11?,16-,17-/m0/s1. The molecule has 3 fully saturated rings. The maximum absolute atomic E-state index is 13.8.